The van der Waals surface area contributed by atoms with E-state index in [-0.39, 0.29) is 6.07 Å². The highest BCUT2D eigenvalue weighted by atomic mass is 79.9. The zero-order chi connectivity index (χ0) is 40.1. The van der Waals surface area contributed by atoms with Gasteiger partial charge < -0.3 is 14.2 Å². The summed E-state index contributed by atoms with van der Waals surface area (Å²) in [7, 11) is 0. The fourth-order valence-corrected chi connectivity index (χ4v) is 3.46. The average Bonchev–Trinajstić information content (AvgIpc) is 2.87. The number of amides is 2. The number of nitrogens with one attached hydrogen (secondary N) is 2. The summed E-state index contributed by atoms with van der Waals surface area (Å²) in [6, 6.07) is -2.86. The minimum absolute atomic E-state index is 0.284. The van der Waals surface area contributed by atoms with Gasteiger partial charge in [0.2, 0.25) is 5.83 Å². The Morgan fingerprint density at radius 2 is 0.920 bits per heavy atom. The van der Waals surface area contributed by atoms with Crippen molar-refractivity contribution >= 4 is 39.5 Å². The first-order chi connectivity index (χ1) is 21.8. The van der Waals surface area contributed by atoms with Gasteiger partial charge in [0.15, 0.2) is 0 Å². The van der Waals surface area contributed by atoms with Crippen LogP contribution in [-0.2, 0) is 9.47 Å². The topological polar surface area (TPSA) is 85.9 Å². The summed E-state index contributed by atoms with van der Waals surface area (Å²) in [5.41, 5.74) is -3.73. The summed E-state index contributed by atoms with van der Waals surface area (Å²) < 4.78 is 243. The van der Waals surface area contributed by atoms with Crippen LogP contribution in [0.5, 0.6) is 5.75 Å². The van der Waals surface area contributed by atoms with Crippen LogP contribution in [0.4, 0.5) is 95.6 Å². The van der Waals surface area contributed by atoms with E-state index < -0.39 is 98.5 Å². The lowest BCUT2D eigenvalue weighted by molar-refractivity contribution is -0.451. The Labute approximate surface area is 277 Å². The molecule has 1 aromatic carbocycles. The van der Waals surface area contributed by atoms with E-state index in [1.165, 1.54) is 41.5 Å². The van der Waals surface area contributed by atoms with Crippen LogP contribution >= 0.6 is 15.9 Å². The Kier molecular flexibility index (Phi) is 12.1. The molecule has 25 heteroatoms. The molecule has 50 heavy (non-hydrogen) atoms. The highest BCUT2D eigenvalue weighted by Gasteiger charge is 2.94. The molecule has 0 heterocycles. The molecule has 0 atom stereocenters. The zero-order valence-electron chi connectivity index (χ0n) is 25.5. The molecule has 2 amide bonds. The van der Waals surface area contributed by atoms with Gasteiger partial charge in [0.05, 0.1) is 15.8 Å². The number of carbonyl (C=O) groups excluding carboxylic acids is 2. The highest BCUT2D eigenvalue weighted by molar-refractivity contribution is 9.10. The highest BCUT2D eigenvalue weighted by Crippen LogP contribution is 2.63. The summed E-state index contributed by atoms with van der Waals surface area (Å²) >= 11 is 2.56. The monoisotopic (exact) mass is 832 g/mol. The lowest BCUT2D eigenvalue weighted by atomic mass is 9.91. The molecular formula is C25H22BrF17N2O5. The molecule has 0 aliphatic rings. The minimum atomic E-state index is -8.74. The van der Waals surface area contributed by atoms with Crippen LogP contribution in [0.15, 0.2) is 28.4 Å². The molecule has 0 aliphatic heterocycles. The molecule has 0 unspecified atom stereocenters. The van der Waals surface area contributed by atoms with Gasteiger partial charge in [-0.05, 0) is 63.5 Å². The quantitative estimate of drug-likeness (QED) is 0.181. The number of hydrogen-bond acceptors (Lipinski definition) is 5. The molecule has 0 aliphatic carbocycles. The van der Waals surface area contributed by atoms with Gasteiger partial charge in [-0.25, -0.2) is 9.59 Å². The fraction of sp³-hybridized carbons (Fsp3) is 0.600. The van der Waals surface area contributed by atoms with Crippen LogP contribution in [0.25, 0.3) is 0 Å². The van der Waals surface area contributed by atoms with Crippen molar-refractivity contribution in [3.05, 3.63) is 28.4 Å². The second kappa shape index (κ2) is 13.6. The molecule has 0 saturated heterocycles. The second-order valence-electron chi connectivity index (χ2n) is 11.7. The lowest BCUT2D eigenvalue weighted by Crippen LogP contribution is -2.72. The van der Waals surface area contributed by atoms with E-state index in [9.17, 15) is 84.2 Å². The maximum atomic E-state index is 14.5. The molecule has 7 nitrogen and oxygen atoms in total. The van der Waals surface area contributed by atoms with Gasteiger partial charge in [0, 0.05) is 6.07 Å². The molecular weight excluding hydrogens is 811 g/mol. The van der Waals surface area contributed by atoms with Gasteiger partial charge in [-0.15, -0.1) is 0 Å². The summed E-state index contributed by atoms with van der Waals surface area (Å²) in [4.78, 5) is 24.5. The first kappa shape index (κ1) is 44.6. The standard InChI is InChI=1S/C25H22BrF17N2O5/c1-17(2,3)49-15(46)44-10-7-9(26)12(8-11(10)45-16(47)50-18(4,5)6)48-14(28)13(27)19(29,30)20(31,32)21(33,34)22(35,36)23(37,38)24(39,40)25(41,42)43/h7-8H,1-6H3,(H,44,46)(H,45,47). The number of anilines is 2. The summed E-state index contributed by atoms with van der Waals surface area (Å²) in [5, 5.41) is 3.94. The molecule has 0 bridgehead atoms. The van der Waals surface area contributed by atoms with Crippen LogP contribution in [0.3, 0.4) is 0 Å². The number of alkyl halides is 15. The van der Waals surface area contributed by atoms with E-state index in [1.807, 2.05) is 10.6 Å². The third kappa shape index (κ3) is 8.72. The van der Waals surface area contributed by atoms with Crippen molar-refractivity contribution in [2.75, 3.05) is 10.6 Å². The van der Waals surface area contributed by atoms with E-state index >= 15 is 0 Å². The van der Waals surface area contributed by atoms with Crippen LogP contribution < -0.4 is 15.4 Å². The van der Waals surface area contributed by atoms with Crippen molar-refractivity contribution in [1.29, 1.82) is 0 Å². The maximum Gasteiger partial charge on any atom is 0.460 e. The molecule has 0 fully saturated rings. The molecule has 0 aromatic heterocycles. The number of rotatable bonds is 10. The first-order valence-corrected chi connectivity index (χ1v) is 13.5. The van der Waals surface area contributed by atoms with Crippen molar-refractivity contribution in [3.8, 4) is 5.75 Å². The number of halogens is 18. The Balaban J connectivity index is 3.75. The lowest BCUT2D eigenvalue weighted by Gasteiger charge is -2.41. The van der Waals surface area contributed by atoms with Gasteiger partial charge in [-0.2, -0.15) is 74.6 Å². The van der Waals surface area contributed by atoms with E-state index in [2.05, 4.69) is 20.7 Å². The predicted octanol–water partition coefficient (Wildman–Crippen LogP) is 11.0. The number of allylic oxidation sites excluding steroid dienone is 1. The van der Waals surface area contributed by atoms with E-state index in [1.54, 1.807) is 0 Å². The average molecular weight is 833 g/mol. The van der Waals surface area contributed by atoms with E-state index in [0.29, 0.717) is 6.07 Å². The normalized spacial score (nSPS) is 14.9. The second-order valence-corrected chi connectivity index (χ2v) is 12.6. The number of carbonyl (C=O) groups is 2. The number of ether oxygens (including phenoxy) is 3. The number of hydrogen-bond donors (Lipinski definition) is 2. The third-order valence-corrected chi connectivity index (χ3v) is 5.94. The van der Waals surface area contributed by atoms with Crippen LogP contribution in [0.1, 0.15) is 41.5 Å². The summed E-state index contributed by atoms with van der Waals surface area (Å²) in [6.07, 6.45) is -10.5. The maximum absolute atomic E-state index is 14.5. The van der Waals surface area contributed by atoms with Crippen molar-refractivity contribution in [2.24, 2.45) is 0 Å². The van der Waals surface area contributed by atoms with Crippen LogP contribution in [0.2, 0.25) is 0 Å². The predicted molar refractivity (Wildman–Crippen MR) is 139 cm³/mol. The van der Waals surface area contributed by atoms with Gasteiger partial charge in [-0.1, -0.05) is 0 Å². The molecule has 1 aromatic rings. The summed E-state index contributed by atoms with van der Waals surface area (Å²) in [6.45, 7) is 8.19. The third-order valence-electron chi connectivity index (χ3n) is 5.32. The van der Waals surface area contributed by atoms with Crippen LogP contribution in [-0.4, -0.2) is 65.1 Å². The van der Waals surface area contributed by atoms with Crippen molar-refractivity contribution in [1.82, 2.24) is 0 Å². The van der Waals surface area contributed by atoms with Crippen molar-refractivity contribution < 1.29 is 98.4 Å². The largest absolute Gasteiger partial charge is 0.460 e. The molecule has 0 spiro atoms. The van der Waals surface area contributed by atoms with Gasteiger partial charge in [0.1, 0.15) is 17.0 Å². The molecule has 2 N–H and O–H groups in total. The Hall–Kier alpha value is -3.41. The van der Waals surface area contributed by atoms with Crippen LogP contribution in [0, 0.1) is 0 Å². The Bertz CT molecular complexity index is 1480. The minimum Gasteiger partial charge on any atom is -0.444 e. The van der Waals surface area contributed by atoms with E-state index in [0.717, 1.165) is 0 Å². The van der Waals surface area contributed by atoms with Crippen molar-refractivity contribution in [3.63, 3.8) is 0 Å². The SMILES string of the molecule is CC(C)(C)OC(=O)Nc1cc(Br)c(OC(F)=C(F)C(F)(F)C(F)(F)C(F)(F)C(F)(F)C(F)(F)C(F)(F)C(F)(F)F)cc1NC(=O)OC(C)(C)C. The molecule has 0 saturated carbocycles. The van der Waals surface area contributed by atoms with Gasteiger partial charge in [-0.3, -0.25) is 10.6 Å². The fourth-order valence-electron chi connectivity index (χ4n) is 3.03. The first-order valence-electron chi connectivity index (χ1n) is 12.7. The number of benzene rings is 1. The smallest absolute Gasteiger partial charge is 0.444 e. The van der Waals surface area contributed by atoms with Gasteiger partial charge >= 0.3 is 59.9 Å². The van der Waals surface area contributed by atoms with Gasteiger partial charge in [0.25, 0.3) is 0 Å². The Morgan fingerprint density at radius 1 is 0.580 bits per heavy atom. The molecule has 288 valence electrons. The van der Waals surface area contributed by atoms with Crippen molar-refractivity contribution in [2.45, 2.75) is 94.5 Å². The molecule has 1 rings (SSSR count). The zero-order valence-corrected chi connectivity index (χ0v) is 27.1. The summed E-state index contributed by atoms with van der Waals surface area (Å²) in [5.74, 6) is -56.5. The van der Waals surface area contributed by atoms with E-state index in [4.69, 9.17) is 9.47 Å². The Morgan fingerprint density at radius 3 is 1.28 bits per heavy atom. The molecule has 0 radical (unpaired) electrons.